The molecule has 0 fully saturated rings. The lowest BCUT2D eigenvalue weighted by atomic mass is 10.2. The third-order valence-corrected chi connectivity index (χ3v) is 5.64. The third-order valence-electron chi connectivity index (χ3n) is 4.22. The molecule has 1 atom stereocenters. The number of amides is 1. The van der Waals surface area contributed by atoms with E-state index >= 15 is 0 Å². The summed E-state index contributed by atoms with van der Waals surface area (Å²) in [4.78, 5) is 24.3. The van der Waals surface area contributed by atoms with Crippen LogP contribution in [0.1, 0.15) is 12.5 Å². The number of sulfonamides is 1. The molecule has 30 heavy (non-hydrogen) atoms. The smallest absolute Gasteiger partial charge is 0.321 e. The van der Waals surface area contributed by atoms with Crippen molar-refractivity contribution in [2.45, 2.75) is 24.8 Å². The van der Waals surface area contributed by atoms with Crippen LogP contribution in [0.2, 0.25) is 0 Å². The predicted octanol–water partition coefficient (Wildman–Crippen LogP) is 1.61. The van der Waals surface area contributed by atoms with Crippen LogP contribution in [0.4, 0.5) is 5.69 Å². The second-order valence-electron chi connectivity index (χ2n) is 6.62. The fraction of sp³-hybridized carbons (Fsp3) is 0.300. The number of esters is 1. The fourth-order valence-corrected chi connectivity index (χ4v) is 3.58. The van der Waals surface area contributed by atoms with E-state index in [1.165, 1.54) is 19.1 Å². The summed E-state index contributed by atoms with van der Waals surface area (Å²) >= 11 is 0. The minimum absolute atomic E-state index is 0.0327. The van der Waals surface area contributed by atoms with E-state index in [9.17, 15) is 18.0 Å². The zero-order chi connectivity index (χ0) is 21.7. The number of rotatable bonds is 7. The monoisotopic (exact) mass is 434 g/mol. The summed E-state index contributed by atoms with van der Waals surface area (Å²) < 4.78 is 42.4. The normalized spacial score (nSPS) is 13.9. The van der Waals surface area contributed by atoms with Crippen molar-refractivity contribution in [2.75, 3.05) is 25.1 Å². The van der Waals surface area contributed by atoms with Crippen LogP contribution in [0.25, 0.3) is 0 Å². The molecule has 0 radical (unpaired) electrons. The van der Waals surface area contributed by atoms with Gasteiger partial charge in [-0.1, -0.05) is 17.7 Å². The Labute approximate surface area is 174 Å². The molecule has 0 bridgehead atoms. The minimum atomic E-state index is -3.86. The van der Waals surface area contributed by atoms with Gasteiger partial charge in [-0.2, -0.15) is 4.72 Å². The van der Waals surface area contributed by atoms with Gasteiger partial charge >= 0.3 is 5.97 Å². The lowest BCUT2D eigenvalue weighted by Gasteiger charge is -2.19. The molecule has 0 aliphatic carbocycles. The SMILES string of the molecule is Cc1ccc(S(=O)(=O)NCC(=O)O[C@H](C)C(=O)Nc2ccc3c(c2)OCCO3)cc1. The average molecular weight is 434 g/mol. The van der Waals surface area contributed by atoms with E-state index in [1.807, 2.05) is 6.92 Å². The zero-order valence-corrected chi connectivity index (χ0v) is 17.3. The Balaban J connectivity index is 1.51. The molecule has 1 aliphatic rings. The van der Waals surface area contributed by atoms with Crippen LogP contribution >= 0.6 is 0 Å². The van der Waals surface area contributed by atoms with Crippen LogP contribution in [-0.4, -0.2) is 46.2 Å². The first kappa shape index (κ1) is 21.6. The largest absolute Gasteiger partial charge is 0.486 e. The Morgan fingerprint density at radius 3 is 2.43 bits per heavy atom. The highest BCUT2D eigenvalue weighted by Crippen LogP contribution is 2.32. The van der Waals surface area contributed by atoms with Gasteiger partial charge in [-0.25, -0.2) is 8.42 Å². The van der Waals surface area contributed by atoms with Gasteiger partial charge in [-0.05, 0) is 38.1 Å². The first-order valence-corrected chi connectivity index (χ1v) is 10.7. The number of carbonyl (C=O) groups excluding carboxylic acids is 2. The molecule has 2 aromatic carbocycles. The van der Waals surface area contributed by atoms with Crippen molar-refractivity contribution in [1.29, 1.82) is 0 Å². The molecule has 2 aromatic rings. The van der Waals surface area contributed by atoms with Gasteiger partial charge in [0.2, 0.25) is 10.0 Å². The Hall–Kier alpha value is -3.11. The number of anilines is 1. The maximum absolute atomic E-state index is 12.3. The van der Waals surface area contributed by atoms with Gasteiger partial charge < -0.3 is 19.5 Å². The van der Waals surface area contributed by atoms with Crippen molar-refractivity contribution >= 4 is 27.6 Å². The number of carbonyl (C=O) groups is 2. The van der Waals surface area contributed by atoms with Gasteiger partial charge in [0.25, 0.3) is 5.91 Å². The first-order valence-electron chi connectivity index (χ1n) is 9.21. The summed E-state index contributed by atoms with van der Waals surface area (Å²) in [6.45, 7) is 3.49. The van der Waals surface area contributed by atoms with E-state index < -0.39 is 34.5 Å². The second-order valence-corrected chi connectivity index (χ2v) is 8.38. The first-order chi connectivity index (χ1) is 14.2. The van der Waals surface area contributed by atoms with Crippen molar-refractivity contribution in [3.05, 3.63) is 48.0 Å². The highest BCUT2D eigenvalue weighted by Gasteiger charge is 2.21. The Morgan fingerprint density at radius 1 is 1.07 bits per heavy atom. The molecule has 1 amide bonds. The highest BCUT2D eigenvalue weighted by molar-refractivity contribution is 7.89. The Morgan fingerprint density at radius 2 is 1.73 bits per heavy atom. The Kier molecular flexibility index (Phi) is 6.58. The molecule has 10 heteroatoms. The molecule has 2 N–H and O–H groups in total. The lowest BCUT2D eigenvalue weighted by Crippen LogP contribution is -2.35. The molecule has 1 aliphatic heterocycles. The predicted molar refractivity (Wildman–Crippen MR) is 108 cm³/mol. The number of nitrogens with one attached hydrogen (secondary N) is 2. The van der Waals surface area contributed by atoms with Crippen LogP contribution in [0.3, 0.4) is 0 Å². The molecule has 0 unspecified atom stereocenters. The number of hydrogen-bond acceptors (Lipinski definition) is 7. The molecule has 0 saturated heterocycles. The Bertz CT molecular complexity index is 1040. The maximum Gasteiger partial charge on any atom is 0.321 e. The van der Waals surface area contributed by atoms with Gasteiger partial charge in [0.1, 0.15) is 19.8 Å². The van der Waals surface area contributed by atoms with E-state index in [4.69, 9.17) is 14.2 Å². The van der Waals surface area contributed by atoms with E-state index in [-0.39, 0.29) is 4.90 Å². The number of hydrogen-bond donors (Lipinski definition) is 2. The number of ether oxygens (including phenoxy) is 3. The van der Waals surface area contributed by atoms with Crippen LogP contribution in [0, 0.1) is 6.92 Å². The summed E-state index contributed by atoms with van der Waals surface area (Å²) in [7, 11) is -3.86. The molecular weight excluding hydrogens is 412 g/mol. The maximum atomic E-state index is 12.3. The van der Waals surface area contributed by atoms with Gasteiger partial charge in [0, 0.05) is 11.8 Å². The molecule has 160 valence electrons. The minimum Gasteiger partial charge on any atom is -0.486 e. The summed E-state index contributed by atoms with van der Waals surface area (Å²) in [5.74, 6) is -0.356. The van der Waals surface area contributed by atoms with Crippen molar-refractivity contribution in [3.8, 4) is 11.5 Å². The van der Waals surface area contributed by atoms with Gasteiger partial charge in [-0.3, -0.25) is 9.59 Å². The van der Waals surface area contributed by atoms with Crippen molar-refractivity contribution < 1.29 is 32.2 Å². The molecule has 1 heterocycles. The molecular formula is C20H22N2O7S. The van der Waals surface area contributed by atoms with E-state index in [1.54, 1.807) is 30.3 Å². The number of aryl methyl sites for hydroxylation is 1. The van der Waals surface area contributed by atoms with E-state index in [2.05, 4.69) is 10.0 Å². The number of fused-ring (bicyclic) bond motifs is 1. The highest BCUT2D eigenvalue weighted by atomic mass is 32.2. The molecule has 0 spiro atoms. The fourth-order valence-electron chi connectivity index (χ4n) is 2.61. The summed E-state index contributed by atoms with van der Waals surface area (Å²) in [5, 5.41) is 2.61. The summed E-state index contributed by atoms with van der Waals surface area (Å²) in [6.07, 6.45) is -1.13. The van der Waals surface area contributed by atoms with Gasteiger partial charge in [0.05, 0.1) is 4.90 Å². The molecule has 9 nitrogen and oxygen atoms in total. The lowest BCUT2D eigenvalue weighted by molar-refractivity contribution is -0.151. The molecule has 0 saturated carbocycles. The zero-order valence-electron chi connectivity index (χ0n) is 16.5. The topological polar surface area (TPSA) is 120 Å². The van der Waals surface area contributed by atoms with E-state index in [0.29, 0.717) is 30.4 Å². The molecule has 3 rings (SSSR count). The second kappa shape index (κ2) is 9.14. The number of benzene rings is 2. The van der Waals surface area contributed by atoms with Crippen LogP contribution in [0.15, 0.2) is 47.4 Å². The third kappa shape index (κ3) is 5.49. The van der Waals surface area contributed by atoms with Gasteiger partial charge in [0.15, 0.2) is 17.6 Å². The van der Waals surface area contributed by atoms with E-state index in [0.717, 1.165) is 5.56 Å². The summed E-state index contributed by atoms with van der Waals surface area (Å²) in [6, 6.07) is 11.1. The quantitative estimate of drug-likeness (QED) is 0.635. The van der Waals surface area contributed by atoms with Crippen molar-refractivity contribution in [1.82, 2.24) is 4.72 Å². The van der Waals surface area contributed by atoms with Crippen LogP contribution in [0.5, 0.6) is 11.5 Å². The van der Waals surface area contributed by atoms with Crippen LogP contribution in [-0.2, 0) is 24.3 Å². The standard InChI is InChI=1S/C20H22N2O7S/c1-13-3-6-16(7-4-13)30(25,26)21-12-19(23)29-14(2)20(24)22-15-5-8-17-18(11-15)28-10-9-27-17/h3-8,11,14,21H,9-10,12H2,1-2H3,(H,22,24)/t14-/m1/s1. The van der Waals surface area contributed by atoms with Crippen molar-refractivity contribution in [2.24, 2.45) is 0 Å². The van der Waals surface area contributed by atoms with Gasteiger partial charge in [-0.15, -0.1) is 0 Å². The molecule has 0 aromatic heterocycles. The average Bonchev–Trinajstić information content (AvgIpc) is 2.72. The van der Waals surface area contributed by atoms with Crippen LogP contribution < -0.4 is 19.5 Å². The summed E-state index contributed by atoms with van der Waals surface area (Å²) in [5.41, 5.74) is 1.36. The van der Waals surface area contributed by atoms with Crippen molar-refractivity contribution in [3.63, 3.8) is 0 Å².